The van der Waals surface area contributed by atoms with Crippen LogP contribution in [0, 0.1) is 5.92 Å². The number of rotatable bonds is 9. The van der Waals surface area contributed by atoms with E-state index in [4.69, 9.17) is 9.47 Å². The second-order valence-corrected chi connectivity index (χ2v) is 8.14. The van der Waals surface area contributed by atoms with Gasteiger partial charge in [0, 0.05) is 11.5 Å². The molecule has 0 aromatic heterocycles. The predicted molar refractivity (Wildman–Crippen MR) is 107 cm³/mol. The summed E-state index contributed by atoms with van der Waals surface area (Å²) in [6, 6.07) is 4.55. The maximum absolute atomic E-state index is 6.57. The SMILES string of the molecule is CCCCCc1cc(OC)c2c(c1)OC(C)(C)[C@@H](CCCC)C2CC. The molecule has 2 heteroatoms. The van der Waals surface area contributed by atoms with Crippen LogP contribution >= 0.6 is 0 Å². The van der Waals surface area contributed by atoms with Crippen molar-refractivity contribution >= 4 is 0 Å². The average Bonchev–Trinajstić information content (AvgIpc) is 2.58. The Balaban J connectivity index is 2.40. The summed E-state index contributed by atoms with van der Waals surface area (Å²) in [4.78, 5) is 0. The zero-order valence-corrected chi connectivity index (χ0v) is 17.3. The molecule has 0 radical (unpaired) electrons. The number of unbranched alkanes of at least 4 members (excludes halogenated alkanes) is 3. The normalized spacial score (nSPS) is 21.5. The fourth-order valence-electron chi connectivity index (χ4n) is 4.50. The summed E-state index contributed by atoms with van der Waals surface area (Å²) in [6.07, 6.45) is 9.74. The summed E-state index contributed by atoms with van der Waals surface area (Å²) < 4.78 is 12.4. The van der Waals surface area contributed by atoms with E-state index in [9.17, 15) is 0 Å². The molecule has 0 bridgehead atoms. The number of methoxy groups -OCH3 is 1. The summed E-state index contributed by atoms with van der Waals surface area (Å²) in [5.41, 5.74) is 2.54. The first-order chi connectivity index (χ1) is 12.0. The Labute approximate surface area is 155 Å². The van der Waals surface area contributed by atoms with Crippen LogP contribution in [0.1, 0.15) is 96.6 Å². The molecule has 25 heavy (non-hydrogen) atoms. The molecule has 0 spiro atoms. The van der Waals surface area contributed by atoms with Crippen molar-refractivity contribution in [3.05, 3.63) is 23.3 Å². The van der Waals surface area contributed by atoms with Gasteiger partial charge < -0.3 is 9.47 Å². The molecule has 0 fully saturated rings. The van der Waals surface area contributed by atoms with Crippen LogP contribution in [0.15, 0.2) is 12.1 Å². The van der Waals surface area contributed by atoms with E-state index in [0.717, 1.165) is 24.3 Å². The van der Waals surface area contributed by atoms with Gasteiger partial charge in [-0.1, -0.05) is 46.5 Å². The molecule has 2 atom stereocenters. The summed E-state index contributed by atoms with van der Waals surface area (Å²) in [7, 11) is 1.80. The molecule has 1 heterocycles. The third-order valence-corrected chi connectivity index (χ3v) is 5.88. The van der Waals surface area contributed by atoms with E-state index in [1.54, 1.807) is 7.11 Å². The van der Waals surface area contributed by atoms with Gasteiger partial charge in [-0.05, 0) is 63.1 Å². The number of aryl methyl sites for hydroxylation is 1. The lowest BCUT2D eigenvalue weighted by Gasteiger charge is -2.45. The number of fused-ring (bicyclic) bond motifs is 1. The maximum atomic E-state index is 6.57. The molecule has 0 aliphatic carbocycles. The lowest BCUT2D eigenvalue weighted by atomic mass is 9.70. The Morgan fingerprint density at radius 3 is 2.36 bits per heavy atom. The van der Waals surface area contributed by atoms with E-state index in [1.807, 2.05) is 0 Å². The molecule has 0 saturated heterocycles. The monoisotopic (exact) mass is 346 g/mol. The van der Waals surface area contributed by atoms with Crippen molar-refractivity contribution < 1.29 is 9.47 Å². The smallest absolute Gasteiger partial charge is 0.127 e. The summed E-state index contributed by atoms with van der Waals surface area (Å²) in [5.74, 6) is 3.16. The Morgan fingerprint density at radius 1 is 1.04 bits per heavy atom. The van der Waals surface area contributed by atoms with Crippen LogP contribution in [0.5, 0.6) is 11.5 Å². The van der Waals surface area contributed by atoms with Crippen molar-refractivity contribution in [2.75, 3.05) is 7.11 Å². The molecule has 0 N–H and O–H groups in total. The van der Waals surface area contributed by atoms with Gasteiger partial charge in [-0.3, -0.25) is 0 Å². The van der Waals surface area contributed by atoms with Crippen LogP contribution in [0.3, 0.4) is 0 Å². The minimum Gasteiger partial charge on any atom is -0.496 e. The molecule has 1 aromatic carbocycles. The second kappa shape index (κ2) is 8.96. The topological polar surface area (TPSA) is 18.5 Å². The van der Waals surface area contributed by atoms with Gasteiger partial charge in [-0.15, -0.1) is 0 Å². The minimum atomic E-state index is -0.115. The standard InChI is InChI=1S/C23H38O2/c1-7-10-12-13-17-15-20(24-6)22-18(9-3)19(14-11-8-2)23(4,5)25-21(22)16-17/h15-16,18-19H,7-14H2,1-6H3/t18?,19-/m0/s1. The van der Waals surface area contributed by atoms with E-state index in [0.29, 0.717) is 11.8 Å². The molecule has 2 rings (SSSR count). The van der Waals surface area contributed by atoms with E-state index >= 15 is 0 Å². The molecule has 1 aliphatic heterocycles. The molecular weight excluding hydrogens is 308 g/mol. The van der Waals surface area contributed by atoms with Crippen molar-refractivity contribution in [3.63, 3.8) is 0 Å². The van der Waals surface area contributed by atoms with Gasteiger partial charge in [0.2, 0.25) is 0 Å². The molecule has 2 nitrogen and oxygen atoms in total. The van der Waals surface area contributed by atoms with E-state index in [-0.39, 0.29) is 5.60 Å². The van der Waals surface area contributed by atoms with Gasteiger partial charge in [0.05, 0.1) is 7.11 Å². The first-order valence-electron chi connectivity index (χ1n) is 10.4. The van der Waals surface area contributed by atoms with Crippen LogP contribution in [0.2, 0.25) is 0 Å². The molecule has 0 saturated carbocycles. The number of ether oxygens (including phenoxy) is 2. The van der Waals surface area contributed by atoms with Crippen molar-refractivity contribution in [1.29, 1.82) is 0 Å². The Hall–Kier alpha value is -1.18. The highest BCUT2D eigenvalue weighted by Gasteiger charge is 2.43. The fourth-order valence-corrected chi connectivity index (χ4v) is 4.50. The van der Waals surface area contributed by atoms with E-state index < -0.39 is 0 Å². The molecule has 1 aliphatic rings. The third kappa shape index (κ3) is 4.51. The van der Waals surface area contributed by atoms with Crippen molar-refractivity contribution in [3.8, 4) is 11.5 Å². The van der Waals surface area contributed by atoms with Gasteiger partial charge >= 0.3 is 0 Å². The number of benzene rings is 1. The van der Waals surface area contributed by atoms with E-state index in [2.05, 4.69) is 46.8 Å². The van der Waals surface area contributed by atoms with Gasteiger partial charge in [-0.25, -0.2) is 0 Å². The molecule has 142 valence electrons. The highest BCUT2D eigenvalue weighted by molar-refractivity contribution is 5.52. The van der Waals surface area contributed by atoms with E-state index in [1.165, 1.54) is 49.7 Å². The van der Waals surface area contributed by atoms with Crippen molar-refractivity contribution in [2.24, 2.45) is 5.92 Å². The summed E-state index contributed by atoms with van der Waals surface area (Å²) in [6.45, 7) is 11.4. The average molecular weight is 347 g/mol. The van der Waals surface area contributed by atoms with Crippen LogP contribution in [-0.4, -0.2) is 12.7 Å². The Kier molecular flexibility index (Phi) is 7.22. The first-order valence-corrected chi connectivity index (χ1v) is 10.4. The molecular formula is C23H38O2. The van der Waals surface area contributed by atoms with Crippen LogP contribution in [0.4, 0.5) is 0 Å². The second-order valence-electron chi connectivity index (χ2n) is 8.14. The van der Waals surface area contributed by atoms with Gasteiger partial charge in [0.1, 0.15) is 17.1 Å². The Bertz CT molecular complexity index is 547. The molecule has 1 unspecified atom stereocenters. The maximum Gasteiger partial charge on any atom is 0.127 e. The van der Waals surface area contributed by atoms with Crippen LogP contribution < -0.4 is 9.47 Å². The first kappa shape index (κ1) is 20.1. The van der Waals surface area contributed by atoms with Gasteiger partial charge in [0.25, 0.3) is 0 Å². The van der Waals surface area contributed by atoms with Gasteiger partial charge in [-0.2, -0.15) is 0 Å². The lowest BCUT2D eigenvalue weighted by molar-refractivity contribution is 0.00291. The van der Waals surface area contributed by atoms with Crippen molar-refractivity contribution in [1.82, 2.24) is 0 Å². The molecule has 1 aromatic rings. The van der Waals surface area contributed by atoms with Crippen LogP contribution in [-0.2, 0) is 6.42 Å². The van der Waals surface area contributed by atoms with Crippen molar-refractivity contribution in [2.45, 2.75) is 97.5 Å². The fraction of sp³-hybridized carbons (Fsp3) is 0.739. The third-order valence-electron chi connectivity index (χ3n) is 5.88. The van der Waals surface area contributed by atoms with Crippen LogP contribution in [0.25, 0.3) is 0 Å². The predicted octanol–water partition coefficient (Wildman–Crippen LogP) is 6.90. The number of hydrogen-bond donors (Lipinski definition) is 0. The highest BCUT2D eigenvalue weighted by atomic mass is 16.5. The zero-order chi connectivity index (χ0) is 18.4. The lowest BCUT2D eigenvalue weighted by Crippen LogP contribution is -2.44. The Morgan fingerprint density at radius 2 is 1.76 bits per heavy atom. The highest BCUT2D eigenvalue weighted by Crippen LogP contribution is 2.52. The molecule has 0 amide bonds. The number of hydrogen-bond acceptors (Lipinski definition) is 2. The minimum absolute atomic E-state index is 0.115. The van der Waals surface area contributed by atoms with Gasteiger partial charge in [0.15, 0.2) is 0 Å². The summed E-state index contributed by atoms with van der Waals surface area (Å²) in [5, 5.41) is 0. The summed E-state index contributed by atoms with van der Waals surface area (Å²) >= 11 is 0. The quantitative estimate of drug-likeness (QED) is 0.453. The zero-order valence-electron chi connectivity index (χ0n) is 17.3. The largest absolute Gasteiger partial charge is 0.496 e.